The van der Waals surface area contributed by atoms with Crippen LogP contribution in [0.2, 0.25) is 0 Å². The van der Waals surface area contributed by atoms with E-state index in [-0.39, 0.29) is 5.56 Å². The van der Waals surface area contributed by atoms with Crippen molar-refractivity contribution in [2.45, 2.75) is 20.4 Å². The zero-order valence-corrected chi connectivity index (χ0v) is 9.14. The number of benzene rings is 1. The van der Waals surface area contributed by atoms with E-state index in [1.807, 2.05) is 13.8 Å². The van der Waals surface area contributed by atoms with Crippen molar-refractivity contribution in [3.63, 3.8) is 0 Å². The Hall–Kier alpha value is -1.78. The number of fused-ring (bicyclic) bond motifs is 1. The van der Waals surface area contributed by atoms with Crippen molar-refractivity contribution in [3.8, 4) is 0 Å². The molecule has 0 spiro atoms. The van der Waals surface area contributed by atoms with Crippen LogP contribution in [0.3, 0.4) is 0 Å². The molecule has 4 nitrogen and oxygen atoms in total. The van der Waals surface area contributed by atoms with Gasteiger partial charge in [0.1, 0.15) is 11.3 Å². The number of halogens is 1. The molecule has 5 heteroatoms. The zero-order valence-electron chi connectivity index (χ0n) is 9.14. The van der Waals surface area contributed by atoms with Crippen LogP contribution in [-0.4, -0.2) is 15.0 Å². The zero-order chi connectivity index (χ0) is 11.7. The first-order chi connectivity index (χ1) is 7.58. The molecular weight excluding hydrogens is 209 g/mol. The summed E-state index contributed by atoms with van der Waals surface area (Å²) in [5.41, 5.74) is 0.0729. The molecular formula is C11H12FN3O. The van der Waals surface area contributed by atoms with Crippen molar-refractivity contribution >= 4 is 10.9 Å². The molecule has 0 aliphatic rings. The molecule has 0 unspecified atom stereocenters. The van der Waals surface area contributed by atoms with E-state index in [2.05, 4.69) is 10.3 Å². The van der Waals surface area contributed by atoms with Gasteiger partial charge in [-0.25, -0.2) is 9.07 Å². The Balaban J connectivity index is 2.61. The van der Waals surface area contributed by atoms with Gasteiger partial charge in [0, 0.05) is 12.6 Å². The molecule has 16 heavy (non-hydrogen) atoms. The number of hydrogen-bond donors (Lipinski definition) is 0. The molecule has 1 aromatic heterocycles. The molecule has 0 saturated carbocycles. The van der Waals surface area contributed by atoms with Gasteiger partial charge in [0.15, 0.2) is 0 Å². The second-order valence-corrected chi connectivity index (χ2v) is 4.13. The van der Waals surface area contributed by atoms with E-state index in [0.717, 1.165) is 0 Å². The van der Waals surface area contributed by atoms with Gasteiger partial charge in [0.2, 0.25) is 0 Å². The van der Waals surface area contributed by atoms with Crippen molar-refractivity contribution in [2.24, 2.45) is 5.92 Å². The summed E-state index contributed by atoms with van der Waals surface area (Å²) in [5.74, 6) is -0.104. The van der Waals surface area contributed by atoms with Crippen molar-refractivity contribution < 1.29 is 4.39 Å². The largest absolute Gasteiger partial charge is 0.277 e. The Morgan fingerprint density at radius 3 is 2.88 bits per heavy atom. The summed E-state index contributed by atoms with van der Waals surface area (Å²) in [7, 11) is 0. The molecule has 0 amide bonds. The van der Waals surface area contributed by atoms with Gasteiger partial charge < -0.3 is 0 Å². The minimum absolute atomic E-state index is 0.223. The first-order valence-electron chi connectivity index (χ1n) is 5.11. The molecule has 0 bridgehead atoms. The highest BCUT2D eigenvalue weighted by Gasteiger charge is 2.07. The fraction of sp³-hybridized carbons (Fsp3) is 0.364. The van der Waals surface area contributed by atoms with Crippen LogP contribution in [0, 0.1) is 11.7 Å². The molecule has 0 aliphatic carbocycles. The van der Waals surface area contributed by atoms with E-state index in [0.29, 0.717) is 23.4 Å². The minimum atomic E-state index is -0.414. The first-order valence-corrected chi connectivity index (χ1v) is 5.11. The summed E-state index contributed by atoms with van der Waals surface area (Å²) in [6.07, 6.45) is 0. The molecule has 0 fully saturated rings. The van der Waals surface area contributed by atoms with E-state index < -0.39 is 5.82 Å². The van der Waals surface area contributed by atoms with Gasteiger partial charge in [-0.3, -0.25) is 4.79 Å². The van der Waals surface area contributed by atoms with Crippen LogP contribution in [0.25, 0.3) is 10.9 Å². The van der Waals surface area contributed by atoms with E-state index >= 15 is 0 Å². The number of nitrogens with zero attached hydrogens (tertiary/aromatic N) is 3. The second kappa shape index (κ2) is 4.00. The molecule has 0 saturated heterocycles. The van der Waals surface area contributed by atoms with Crippen LogP contribution in [0.15, 0.2) is 23.0 Å². The lowest BCUT2D eigenvalue weighted by atomic mass is 10.2. The molecule has 0 atom stereocenters. The van der Waals surface area contributed by atoms with Gasteiger partial charge in [-0.1, -0.05) is 19.1 Å². The highest BCUT2D eigenvalue weighted by Crippen LogP contribution is 2.07. The van der Waals surface area contributed by atoms with Crippen LogP contribution in [0.1, 0.15) is 13.8 Å². The predicted octanol–water partition coefficient (Wildman–Crippen LogP) is 1.59. The average molecular weight is 221 g/mol. The highest BCUT2D eigenvalue weighted by molar-refractivity contribution is 5.76. The normalized spacial score (nSPS) is 11.2. The Bertz CT molecular complexity index is 577. The molecule has 1 aromatic carbocycles. The fourth-order valence-corrected chi connectivity index (χ4v) is 1.52. The van der Waals surface area contributed by atoms with Crippen LogP contribution in [0.5, 0.6) is 0 Å². The number of aromatic nitrogens is 3. The number of hydrogen-bond acceptors (Lipinski definition) is 3. The Morgan fingerprint density at radius 1 is 1.44 bits per heavy atom. The van der Waals surface area contributed by atoms with Crippen molar-refractivity contribution in [1.29, 1.82) is 0 Å². The fourth-order valence-electron chi connectivity index (χ4n) is 1.52. The standard InChI is InChI=1S/C11H12FN3O/c1-7(2)6-15-11(16)9-4-3-8(12)5-10(9)13-14-15/h3-5,7H,6H2,1-2H3. The van der Waals surface area contributed by atoms with Gasteiger partial charge in [0.25, 0.3) is 5.56 Å². The lowest BCUT2D eigenvalue weighted by Crippen LogP contribution is -2.26. The molecule has 0 N–H and O–H groups in total. The van der Waals surface area contributed by atoms with E-state index in [9.17, 15) is 9.18 Å². The Kier molecular flexibility index (Phi) is 2.68. The van der Waals surface area contributed by atoms with Crippen LogP contribution in [-0.2, 0) is 6.54 Å². The quantitative estimate of drug-likeness (QED) is 0.773. The van der Waals surface area contributed by atoms with E-state index in [4.69, 9.17) is 0 Å². The van der Waals surface area contributed by atoms with Crippen LogP contribution in [0.4, 0.5) is 4.39 Å². The molecule has 1 heterocycles. The monoisotopic (exact) mass is 221 g/mol. The average Bonchev–Trinajstić information content (AvgIpc) is 2.22. The van der Waals surface area contributed by atoms with Gasteiger partial charge >= 0.3 is 0 Å². The van der Waals surface area contributed by atoms with Crippen molar-refractivity contribution in [3.05, 3.63) is 34.4 Å². The van der Waals surface area contributed by atoms with Crippen LogP contribution >= 0.6 is 0 Å². The Labute approximate surface area is 91.7 Å². The lowest BCUT2D eigenvalue weighted by molar-refractivity contribution is 0.449. The summed E-state index contributed by atoms with van der Waals surface area (Å²) >= 11 is 0. The lowest BCUT2D eigenvalue weighted by Gasteiger charge is -2.06. The van der Waals surface area contributed by atoms with Crippen molar-refractivity contribution in [2.75, 3.05) is 0 Å². The SMILES string of the molecule is CC(C)Cn1nnc2cc(F)ccc2c1=O. The van der Waals surface area contributed by atoms with Crippen molar-refractivity contribution in [1.82, 2.24) is 15.0 Å². The van der Waals surface area contributed by atoms with E-state index in [1.165, 1.54) is 22.9 Å². The summed E-state index contributed by atoms with van der Waals surface area (Å²) in [6.45, 7) is 4.49. The van der Waals surface area contributed by atoms with Gasteiger partial charge in [-0.05, 0) is 18.1 Å². The maximum atomic E-state index is 12.9. The minimum Gasteiger partial charge on any atom is -0.267 e. The topological polar surface area (TPSA) is 47.8 Å². The maximum Gasteiger partial charge on any atom is 0.277 e. The summed E-state index contributed by atoms with van der Waals surface area (Å²) < 4.78 is 14.2. The third-order valence-electron chi connectivity index (χ3n) is 2.22. The molecule has 2 aromatic rings. The summed E-state index contributed by atoms with van der Waals surface area (Å²) in [5, 5.41) is 8.00. The third-order valence-corrected chi connectivity index (χ3v) is 2.22. The maximum absolute atomic E-state index is 12.9. The number of rotatable bonds is 2. The molecule has 2 rings (SSSR count). The van der Waals surface area contributed by atoms with Gasteiger partial charge in [-0.2, -0.15) is 0 Å². The van der Waals surface area contributed by atoms with E-state index in [1.54, 1.807) is 0 Å². The predicted molar refractivity (Wildman–Crippen MR) is 58.6 cm³/mol. The molecule has 84 valence electrons. The highest BCUT2D eigenvalue weighted by atomic mass is 19.1. The van der Waals surface area contributed by atoms with Crippen LogP contribution < -0.4 is 5.56 Å². The second-order valence-electron chi connectivity index (χ2n) is 4.13. The summed E-state index contributed by atoms with van der Waals surface area (Å²) in [6, 6.07) is 3.91. The smallest absolute Gasteiger partial charge is 0.267 e. The van der Waals surface area contributed by atoms with Gasteiger partial charge in [0.05, 0.1) is 5.39 Å². The first kappa shape index (κ1) is 10.7. The summed E-state index contributed by atoms with van der Waals surface area (Å²) in [4.78, 5) is 11.9. The molecule has 0 radical (unpaired) electrons. The Morgan fingerprint density at radius 2 is 2.19 bits per heavy atom. The molecule has 0 aliphatic heterocycles. The van der Waals surface area contributed by atoms with Gasteiger partial charge in [-0.15, -0.1) is 5.10 Å². The third kappa shape index (κ3) is 1.93.